The van der Waals surface area contributed by atoms with Crippen molar-refractivity contribution < 1.29 is 29.6 Å². The molecule has 6 heteroatoms. The molecule has 2 aliphatic carbocycles. The Hall–Kier alpha value is -0.690. The number of hydrogen-bond acceptors (Lipinski definition) is 6. The number of aliphatic hydroxyl groups excluding tert-OH is 3. The number of carbonyl (C=O) groups is 1. The topological polar surface area (TPSA) is 96.2 Å². The normalized spacial score (nSPS) is 42.9. The lowest BCUT2D eigenvalue weighted by molar-refractivity contribution is -0.176. The van der Waals surface area contributed by atoms with Gasteiger partial charge >= 0.3 is 5.97 Å². The molecule has 0 amide bonds. The Morgan fingerprint density at radius 2 is 1.97 bits per heavy atom. The van der Waals surface area contributed by atoms with Gasteiger partial charge in [0, 0.05) is 17.9 Å². The van der Waals surface area contributed by atoms with Gasteiger partial charge in [-0.15, -0.1) is 0 Å². The van der Waals surface area contributed by atoms with Crippen molar-refractivity contribution in [1.29, 1.82) is 1.43 Å². The van der Waals surface area contributed by atoms with Gasteiger partial charge in [-0.2, -0.15) is 0 Å². The van der Waals surface area contributed by atoms with Crippen molar-refractivity contribution in [1.82, 2.24) is 0 Å². The highest BCUT2D eigenvalue weighted by Crippen LogP contribution is 2.58. The maximum Gasteiger partial charge on any atom is 0.343 e. The van der Waals surface area contributed by atoms with Crippen LogP contribution in [0.2, 0.25) is 0 Å². The maximum absolute atomic E-state index is 12.6. The van der Waals surface area contributed by atoms with Gasteiger partial charge in [0.25, 0.3) is 0 Å². The predicted octanol–water partition coefficient (Wildman–Crippen LogP) is 3.26. The first-order chi connectivity index (χ1) is 14.4. The Morgan fingerprint density at radius 3 is 2.53 bits per heavy atom. The highest BCUT2D eigenvalue weighted by atomic mass is 16.8. The number of aliphatic hydroxyl groups is 3. The van der Waals surface area contributed by atoms with Crippen LogP contribution in [-0.4, -0.2) is 53.4 Å². The van der Waals surface area contributed by atoms with Crippen molar-refractivity contribution >= 4 is 5.97 Å². The first kappa shape index (κ1) is 22.5. The Kier molecular flexibility index (Phi) is 6.26. The molecule has 1 saturated heterocycles. The molecular formula is C24H42O6. The first-order valence-corrected chi connectivity index (χ1v) is 11.7. The van der Waals surface area contributed by atoms with Crippen LogP contribution in [0.4, 0.5) is 0 Å². The molecular weight excluding hydrogens is 384 g/mol. The van der Waals surface area contributed by atoms with Gasteiger partial charge in [-0.3, -0.25) is 0 Å². The molecule has 9 atom stereocenters. The number of fused-ring (bicyclic) bond motifs is 1. The molecule has 3 aliphatic rings. The molecule has 1 aliphatic heterocycles. The highest BCUT2D eigenvalue weighted by Gasteiger charge is 2.57. The van der Waals surface area contributed by atoms with Crippen LogP contribution < -0.4 is 0 Å². The molecule has 0 aromatic heterocycles. The van der Waals surface area contributed by atoms with E-state index in [1.165, 1.54) is 0 Å². The Labute approximate surface area is 182 Å². The fraction of sp³-hybridized carbons (Fsp3) is 0.958. The molecule has 1 heterocycles. The second-order valence-electron chi connectivity index (χ2n) is 11.7. The van der Waals surface area contributed by atoms with Crippen LogP contribution in [0.1, 0.15) is 80.1 Å². The SMILES string of the molecule is [3H]O[C@H]1CCC[C@@]2(C)C1CC[C@@H]2[C@H](C)C[C@@H](CO)C(O)[C@@]1(C)O[C@H](C(C)(C)C)OC1=O. The van der Waals surface area contributed by atoms with Gasteiger partial charge in [0.2, 0.25) is 7.72 Å². The third kappa shape index (κ3) is 4.05. The molecule has 174 valence electrons. The van der Waals surface area contributed by atoms with E-state index < -0.39 is 35.3 Å². The standard InChI is InChI=1S/C24H42O6/c1-14(16-9-10-17-18(26)8-7-11-23(16,17)5)12-15(13-25)19(27)24(6)20(28)29-21(30-24)22(2,3)4/h14-19,21,25-27H,7-13H2,1-6H3/t14-,15+,16-,17?,18+,19?,21-,23-,24-/m1/s1/i26T. The molecule has 2 saturated carbocycles. The number of rotatable bonds is 7. The summed E-state index contributed by atoms with van der Waals surface area (Å²) in [5.41, 5.74) is -1.78. The third-order valence-corrected chi connectivity index (χ3v) is 8.42. The smallest absolute Gasteiger partial charge is 0.343 e. The Morgan fingerprint density at radius 1 is 1.27 bits per heavy atom. The minimum atomic E-state index is -1.48. The van der Waals surface area contributed by atoms with E-state index in [9.17, 15) is 15.0 Å². The molecule has 3 N–H and O–H groups in total. The predicted molar refractivity (Wildman–Crippen MR) is 113 cm³/mol. The average Bonchev–Trinajstić information content (AvgIpc) is 3.22. The van der Waals surface area contributed by atoms with Crippen LogP contribution in [0.25, 0.3) is 0 Å². The van der Waals surface area contributed by atoms with Gasteiger partial charge in [0.1, 0.15) is 0 Å². The molecule has 3 fully saturated rings. The second-order valence-corrected chi connectivity index (χ2v) is 11.7. The van der Waals surface area contributed by atoms with Gasteiger partial charge in [-0.25, -0.2) is 4.79 Å². The van der Waals surface area contributed by atoms with Crippen molar-refractivity contribution in [2.45, 2.75) is 104 Å². The van der Waals surface area contributed by atoms with Crippen molar-refractivity contribution in [3.63, 3.8) is 0 Å². The molecule has 0 radical (unpaired) electrons. The van der Waals surface area contributed by atoms with Crippen LogP contribution in [0, 0.1) is 34.5 Å². The molecule has 2 unspecified atom stereocenters. The molecule has 0 spiro atoms. The van der Waals surface area contributed by atoms with Crippen molar-refractivity contribution in [3.8, 4) is 0 Å². The first-order valence-electron chi connectivity index (χ1n) is 12.1. The minimum Gasteiger partial charge on any atom is -0.433 e. The molecule has 6 nitrogen and oxygen atoms in total. The monoisotopic (exact) mass is 428 g/mol. The lowest BCUT2D eigenvalue weighted by Gasteiger charge is -2.46. The zero-order valence-electron chi connectivity index (χ0n) is 20.5. The lowest BCUT2D eigenvalue weighted by atomic mass is 9.61. The number of esters is 1. The molecule has 0 aromatic carbocycles. The van der Waals surface area contributed by atoms with Crippen LogP contribution in [0.15, 0.2) is 0 Å². The average molecular weight is 429 g/mol. The summed E-state index contributed by atoms with van der Waals surface area (Å²) in [5.74, 6) is 0.0262. The fourth-order valence-electron chi connectivity index (χ4n) is 6.54. The van der Waals surface area contributed by atoms with Gasteiger partial charge in [-0.05, 0) is 62.2 Å². The van der Waals surface area contributed by atoms with E-state index in [4.69, 9.17) is 16.0 Å². The number of hydrogen-bond donors (Lipinski definition) is 3. The van der Waals surface area contributed by atoms with E-state index in [1.54, 1.807) is 6.92 Å². The summed E-state index contributed by atoms with van der Waals surface area (Å²) in [6.45, 7) is 11.6. The zero-order valence-corrected chi connectivity index (χ0v) is 19.5. The van der Waals surface area contributed by atoms with Gasteiger partial charge in [-0.1, -0.05) is 41.0 Å². The highest BCUT2D eigenvalue weighted by molar-refractivity contribution is 5.81. The van der Waals surface area contributed by atoms with Crippen LogP contribution in [0.3, 0.4) is 0 Å². The molecule has 0 aromatic rings. The summed E-state index contributed by atoms with van der Waals surface area (Å²) >= 11 is 0. The minimum absolute atomic E-state index is 0.00470. The van der Waals surface area contributed by atoms with Gasteiger partial charge in [0.05, 0.1) is 12.2 Å². The van der Waals surface area contributed by atoms with Crippen molar-refractivity contribution in [3.05, 3.63) is 0 Å². The van der Waals surface area contributed by atoms with Gasteiger partial charge < -0.3 is 24.8 Å². The quantitative estimate of drug-likeness (QED) is 0.539. The second kappa shape index (κ2) is 8.34. The summed E-state index contributed by atoms with van der Waals surface area (Å²) in [6, 6.07) is 0. The molecule has 0 bridgehead atoms. The third-order valence-electron chi connectivity index (χ3n) is 8.42. The van der Waals surface area contributed by atoms with Crippen LogP contribution in [-0.2, 0) is 14.3 Å². The fourth-order valence-corrected chi connectivity index (χ4v) is 6.54. The van der Waals surface area contributed by atoms with Crippen molar-refractivity contribution in [2.24, 2.45) is 34.5 Å². The van der Waals surface area contributed by atoms with E-state index in [0.29, 0.717) is 18.3 Å². The zero-order chi connectivity index (χ0) is 23.2. The van der Waals surface area contributed by atoms with E-state index in [2.05, 4.69) is 13.8 Å². The van der Waals surface area contributed by atoms with E-state index in [-0.39, 0.29) is 24.0 Å². The van der Waals surface area contributed by atoms with Gasteiger partial charge in [0.15, 0.2) is 5.60 Å². The van der Waals surface area contributed by atoms with Crippen LogP contribution in [0.5, 0.6) is 0 Å². The summed E-state index contributed by atoms with van der Waals surface area (Å²) in [4.78, 5) is 12.6. The largest absolute Gasteiger partial charge is 0.433 e. The number of carbonyl (C=O) groups excluding carboxylic acids is 1. The Balaban J connectivity index is 1.71. The maximum atomic E-state index is 12.6. The van der Waals surface area contributed by atoms with E-state index in [1.807, 2.05) is 20.8 Å². The molecule has 3 rings (SSSR count). The number of ether oxygens (including phenoxy) is 2. The summed E-state index contributed by atoms with van der Waals surface area (Å²) in [7, 11) is 0. The van der Waals surface area contributed by atoms with Crippen molar-refractivity contribution in [2.75, 3.05) is 6.61 Å². The van der Waals surface area contributed by atoms with E-state index in [0.717, 1.165) is 32.1 Å². The molecule has 30 heavy (non-hydrogen) atoms. The number of cyclic esters (lactones) is 1. The summed E-state index contributed by atoms with van der Waals surface area (Å²) in [6.07, 6.45) is 4.00. The summed E-state index contributed by atoms with van der Waals surface area (Å²) in [5, 5.41) is 26.4. The summed E-state index contributed by atoms with van der Waals surface area (Å²) < 4.78 is 18.9. The lowest BCUT2D eigenvalue weighted by Crippen LogP contribution is -2.51. The Bertz CT molecular complexity index is 650. The van der Waals surface area contributed by atoms with Crippen LogP contribution >= 0.6 is 0 Å². The van der Waals surface area contributed by atoms with E-state index >= 15 is 0 Å².